The van der Waals surface area contributed by atoms with Crippen molar-refractivity contribution in [3.8, 4) is 11.3 Å². The lowest BCUT2D eigenvalue weighted by molar-refractivity contribution is 0.276. The van der Waals surface area contributed by atoms with Gasteiger partial charge in [0.2, 0.25) is 0 Å². The third-order valence-electron chi connectivity index (χ3n) is 3.47. The van der Waals surface area contributed by atoms with E-state index in [9.17, 15) is 13.5 Å². The Morgan fingerprint density at radius 3 is 2.61 bits per heavy atom. The molecule has 0 spiro atoms. The topological polar surface area (TPSA) is 81.4 Å². The molecule has 23 heavy (non-hydrogen) atoms. The average molecular weight is 332 g/mol. The van der Waals surface area contributed by atoms with Crippen LogP contribution in [0.1, 0.15) is 5.69 Å². The molecule has 2 aromatic rings. The van der Waals surface area contributed by atoms with Crippen LogP contribution in [0.4, 0.5) is 0 Å². The average Bonchev–Trinajstić information content (AvgIpc) is 2.99. The maximum absolute atomic E-state index is 11.6. The largest absolute Gasteiger partial charge is 0.497 e. The number of nitrogens with zero attached hydrogens (tertiary/aromatic N) is 2. The van der Waals surface area contributed by atoms with Gasteiger partial charge in [0, 0.05) is 11.8 Å². The summed E-state index contributed by atoms with van der Waals surface area (Å²) in [7, 11) is -3.23. The van der Waals surface area contributed by atoms with E-state index in [0.717, 1.165) is 17.0 Å². The molecule has 1 aliphatic heterocycles. The van der Waals surface area contributed by atoms with Gasteiger partial charge in [-0.1, -0.05) is 12.1 Å². The van der Waals surface area contributed by atoms with Gasteiger partial charge in [0.25, 0.3) is 0 Å². The quantitative estimate of drug-likeness (QED) is 0.924. The Balaban J connectivity index is 2.07. The van der Waals surface area contributed by atoms with Crippen molar-refractivity contribution in [2.24, 2.45) is 0 Å². The molecule has 0 aliphatic carbocycles. The molecule has 0 amide bonds. The van der Waals surface area contributed by atoms with Crippen LogP contribution in [0, 0.1) is 0 Å². The van der Waals surface area contributed by atoms with Gasteiger partial charge in [-0.25, -0.2) is 13.1 Å². The van der Waals surface area contributed by atoms with Crippen LogP contribution in [-0.4, -0.2) is 36.2 Å². The van der Waals surface area contributed by atoms with Crippen molar-refractivity contribution in [1.82, 2.24) is 9.78 Å². The van der Waals surface area contributed by atoms with E-state index in [2.05, 4.69) is 5.10 Å². The zero-order valence-electron chi connectivity index (χ0n) is 12.5. The van der Waals surface area contributed by atoms with Gasteiger partial charge in [-0.15, -0.1) is 0 Å². The van der Waals surface area contributed by atoms with Crippen LogP contribution in [0.2, 0.25) is 0 Å². The van der Waals surface area contributed by atoms with Crippen LogP contribution in [-0.2, 0) is 21.2 Å². The summed E-state index contributed by atoms with van der Waals surface area (Å²) in [6.45, 7) is 0.279. The molecule has 0 bridgehead atoms. The summed E-state index contributed by atoms with van der Waals surface area (Å²) in [6.07, 6.45) is 6.43. The number of benzene rings is 1. The summed E-state index contributed by atoms with van der Waals surface area (Å²) < 4.78 is 30.0. The highest BCUT2D eigenvalue weighted by atomic mass is 32.2. The number of hydrogen-bond acceptors (Lipinski definition) is 5. The SMILES string of the molecule is CS(=O)(=O)c1ccc(-c2cc(CO)nn2C2=CCOC=C2)cc1. The first-order valence-corrected chi connectivity index (χ1v) is 8.87. The standard InChI is InChI=1S/C16H16N2O4S/c1-23(20,21)15-4-2-12(3-5-15)16-10-13(11-19)17-18(16)14-6-8-22-9-7-14/h2-8,10,19H,9,11H2,1H3. The Bertz CT molecular complexity index is 877. The van der Waals surface area contributed by atoms with Crippen LogP contribution < -0.4 is 0 Å². The molecule has 1 N–H and O–H groups in total. The second-order valence-corrected chi connectivity index (χ2v) is 7.17. The molecule has 3 rings (SSSR count). The van der Waals surface area contributed by atoms with Gasteiger partial charge in [-0.05, 0) is 30.4 Å². The van der Waals surface area contributed by atoms with Gasteiger partial charge in [-0.2, -0.15) is 5.10 Å². The number of ether oxygens (including phenoxy) is 1. The van der Waals surface area contributed by atoms with Crippen molar-refractivity contribution >= 4 is 15.5 Å². The van der Waals surface area contributed by atoms with Gasteiger partial charge in [-0.3, -0.25) is 0 Å². The van der Waals surface area contributed by atoms with Crippen LogP contribution in [0.15, 0.2) is 53.6 Å². The summed E-state index contributed by atoms with van der Waals surface area (Å²) in [4.78, 5) is 0.264. The van der Waals surface area contributed by atoms with Crippen molar-refractivity contribution in [3.63, 3.8) is 0 Å². The Hall–Kier alpha value is -2.38. The lowest BCUT2D eigenvalue weighted by atomic mass is 10.1. The number of hydrogen-bond donors (Lipinski definition) is 1. The molecule has 7 heteroatoms. The summed E-state index contributed by atoms with van der Waals surface area (Å²) in [5.74, 6) is 0. The molecule has 0 fully saturated rings. The van der Waals surface area contributed by atoms with Crippen LogP contribution >= 0.6 is 0 Å². The van der Waals surface area contributed by atoms with Crippen molar-refractivity contribution in [1.29, 1.82) is 0 Å². The molecule has 1 aromatic heterocycles. The molecule has 0 radical (unpaired) electrons. The normalized spacial score (nSPS) is 14.4. The highest BCUT2D eigenvalue weighted by Crippen LogP contribution is 2.26. The van der Waals surface area contributed by atoms with E-state index in [1.54, 1.807) is 47.4 Å². The molecule has 1 aliphatic rings. The van der Waals surface area contributed by atoms with E-state index in [0.29, 0.717) is 12.3 Å². The zero-order valence-corrected chi connectivity index (χ0v) is 13.3. The summed E-state index contributed by atoms with van der Waals surface area (Å²) in [6, 6.07) is 8.37. The van der Waals surface area contributed by atoms with Gasteiger partial charge < -0.3 is 9.84 Å². The minimum atomic E-state index is -3.23. The monoisotopic (exact) mass is 332 g/mol. The van der Waals surface area contributed by atoms with Crippen molar-refractivity contribution < 1.29 is 18.3 Å². The smallest absolute Gasteiger partial charge is 0.175 e. The van der Waals surface area contributed by atoms with E-state index < -0.39 is 9.84 Å². The molecule has 0 unspecified atom stereocenters. The second kappa shape index (κ2) is 6.02. The third-order valence-corrected chi connectivity index (χ3v) is 4.60. The molecule has 6 nitrogen and oxygen atoms in total. The molecule has 0 saturated heterocycles. The third kappa shape index (κ3) is 3.20. The number of aromatic nitrogens is 2. The zero-order chi connectivity index (χ0) is 16.4. The van der Waals surface area contributed by atoms with Gasteiger partial charge in [0.05, 0.1) is 34.8 Å². The van der Waals surface area contributed by atoms with E-state index >= 15 is 0 Å². The molecular formula is C16H16N2O4S. The number of aliphatic hydroxyl groups excluding tert-OH is 1. The molecule has 0 saturated carbocycles. The maximum Gasteiger partial charge on any atom is 0.175 e. The fraction of sp³-hybridized carbons (Fsp3) is 0.188. The van der Waals surface area contributed by atoms with Gasteiger partial charge >= 0.3 is 0 Å². The summed E-state index contributed by atoms with van der Waals surface area (Å²) in [5.41, 5.74) is 2.95. The minimum absolute atomic E-state index is 0.172. The van der Waals surface area contributed by atoms with Crippen molar-refractivity contribution in [3.05, 3.63) is 54.4 Å². The Morgan fingerprint density at radius 1 is 1.30 bits per heavy atom. The van der Waals surface area contributed by atoms with Crippen molar-refractivity contribution in [2.45, 2.75) is 11.5 Å². The fourth-order valence-corrected chi connectivity index (χ4v) is 2.95. The summed E-state index contributed by atoms with van der Waals surface area (Å²) in [5, 5.41) is 13.7. The minimum Gasteiger partial charge on any atom is -0.497 e. The first kappa shape index (κ1) is 15.5. The van der Waals surface area contributed by atoms with Crippen LogP contribution in [0.25, 0.3) is 17.0 Å². The maximum atomic E-state index is 11.6. The summed E-state index contributed by atoms with van der Waals surface area (Å²) >= 11 is 0. The molecule has 120 valence electrons. The van der Waals surface area contributed by atoms with Crippen LogP contribution in [0.5, 0.6) is 0 Å². The molecular weight excluding hydrogens is 316 g/mol. The first-order valence-electron chi connectivity index (χ1n) is 6.98. The van der Waals surface area contributed by atoms with E-state index in [1.807, 2.05) is 6.08 Å². The number of aliphatic hydroxyl groups is 1. The van der Waals surface area contributed by atoms with E-state index in [4.69, 9.17) is 4.74 Å². The van der Waals surface area contributed by atoms with E-state index in [1.165, 1.54) is 6.26 Å². The molecule has 0 atom stereocenters. The highest BCUT2D eigenvalue weighted by Gasteiger charge is 2.14. The van der Waals surface area contributed by atoms with Gasteiger partial charge in [0.15, 0.2) is 9.84 Å². The number of allylic oxidation sites excluding steroid dienone is 2. The number of rotatable bonds is 4. The Kier molecular flexibility index (Phi) is 4.06. The second-order valence-electron chi connectivity index (χ2n) is 5.15. The Morgan fingerprint density at radius 2 is 2.04 bits per heavy atom. The lowest BCUT2D eigenvalue weighted by Crippen LogP contribution is -2.04. The lowest BCUT2D eigenvalue weighted by Gasteiger charge is -2.12. The fourth-order valence-electron chi connectivity index (χ4n) is 2.31. The predicted octanol–water partition coefficient (Wildman–Crippen LogP) is 1.83. The number of sulfone groups is 1. The highest BCUT2D eigenvalue weighted by molar-refractivity contribution is 7.90. The molecule has 2 heterocycles. The van der Waals surface area contributed by atoms with Crippen LogP contribution in [0.3, 0.4) is 0 Å². The van der Waals surface area contributed by atoms with Crippen molar-refractivity contribution in [2.75, 3.05) is 12.9 Å². The first-order chi connectivity index (χ1) is 11.0. The predicted molar refractivity (Wildman–Crippen MR) is 86.1 cm³/mol. The van der Waals surface area contributed by atoms with E-state index in [-0.39, 0.29) is 11.5 Å². The Labute approximate surface area is 134 Å². The van der Waals surface area contributed by atoms with Gasteiger partial charge in [0.1, 0.15) is 6.61 Å². The molecule has 1 aromatic carbocycles.